The van der Waals surface area contributed by atoms with E-state index in [1.165, 1.54) is 35.1 Å². The van der Waals surface area contributed by atoms with Crippen LogP contribution in [0.25, 0.3) is 22.0 Å². The fourth-order valence-electron chi connectivity index (χ4n) is 4.45. The van der Waals surface area contributed by atoms with Crippen molar-refractivity contribution in [3.63, 3.8) is 0 Å². The summed E-state index contributed by atoms with van der Waals surface area (Å²) in [5, 5.41) is 7.70. The van der Waals surface area contributed by atoms with Crippen molar-refractivity contribution in [3.05, 3.63) is 100 Å². The first kappa shape index (κ1) is 25.2. The maximum absolute atomic E-state index is 13.4. The van der Waals surface area contributed by atoms with E-state index in [0.29, 0.717) is 23.7 Å². The summed E-state index contributed by atoms with van der Waals surface area (Å²) < 4.78 is 26.7. The zero-order valence-electron chi connectivity index (χ0n) is 21.7. The third kappa shape index (κ3) is 4.86. The Balaban J connectivity index is 1.24. The molecule has 10 heteroatoms. The standard InChI is InChI=1S/C30H24FN5O4/c1-17(2)36-16-23(18-3-5-20(31)6-4-18)29(37)28(35-36)30(38)34-27-8-7-21(15-33-27)40-25-9-11-32-24-13-19-10-12-39-26(19)14-22(24)25/h3-9,11,13-17H,10,12H2,1-2H3,(H,33,34,38). The Morgan fingerprint density at radius 1 is 1.10 bits per heavy atom. The molecular formula is C30H24FN5O4. The van der Waals surface area contributed by atoms with E-state index in [1.54, 1.807) is 30.6 Å². The molecule has 6 rings (SSSR count). The second-order valence-electron chi connectivity index (χ2n) is 9.62. The lowest BCUT2D eigenvalue weighted by Crippen LogP contribution is -2.28. The van der Waals surface area contributed by atoms with E-state index in [1.807, 2.05) is 26.0 Å². The molecule has 0 bridgehead atoms. The highest BCUT2D eigenvalue weighted by molar-refractivity contribution is 6.02. The fourth-order valence-corrected chi connectivity index (χ4v) is 4.45. The van der Waals surface area contributed by atoms with E-state index in [2.05, 4.69) is 20.4 Å². The molecule has 2 aromatic carbocycles. The number of rotatable bonds is 6. The quantitative estimate of drug-likeness (QED) is 0.302. The smallest absolute Gasteiger partial charge is 0.281 e. The molecule has 5 aromatic rings. The van der Waals surface area contributed by atoms with Crippen molar-refractivity contribution >= 4 is 22.6 Å². The van der Waals surface area contributed by atoms with Crippen molar-refractivity contribution in [1.29, 1.82) is 0 Å². The number of hydrogen-bond acceptors (Lipinski definition) is 7. The number of halogens is 1. The monoisotopic (exact) mass is 537 g/mol. The number of amides is 1. The molecule has 40 heavy (non-hydrogen) atoms. The summed E-state index contributed by atoms with van der Waals surface area (Å²) in [6.45, 7) is 4.40. The van der Waals surface area contributed by atoms with Crippen molar-refractivity contribution in [3.8, 4) is 28.4 Å². The van der Waals surface area contributed by atoms with Crippen LogP contribution in [0.2, 0.25) is 0 Å². The molecule has 1 aliphatic heterocycles. The van der Waals surface area contributed by atoms with Crippen LogP contribution in [0, 0.1) is 5.82 Å². The minimum Gasteiger partial charge on any atom is -0.493 e. The first-order chi connectivity index (χ1) is 19.4. The van der Waals surface area contributed by atoms with Gasteiger partial charge in [0.05, 0.1) is 18.3 Å². The van der Waals surface area contributed by atoms with Gasteiger partial charge in [-0.15, -0.1) is 0 Å². The van der Waals surface area contributed by atoms with Gasteiger partial charge in [-0.25, -0.2) is 9.37 Å². The van der Waals surface area contributed by atoms with Gasteiger partial charge >= 0.3 is 0 Å². The van der Waals surface area contributed by atoms with Crippen LogP contribution in [0.15, 0.2) is 78.0 Å². The molecule has 1 aliphatic rings. The summed E-state index contributed by atoms with van der Waals surface area (Å²) in [6, 6.07) is 14.3. The lowest BCUT2D eigenvalue weighted by molar-refractivity contribution is 0.101. The summed E-state index contributed by atoms with van der Waals surface area (Å²) in [6.07, 6.45) is 5.57. The number of ether oxygens (including phenoxy) is 2. The predicted molar refractivity (Wildman–Crippen MR) is 147 cm³/mol. The molecule has 9 nitrogen and oxygen atoms in total. The summed E-state index contributed by atoms with van der Waals surface area (Å²) in [7, 11) is 0. The molecule has 1 amide bonds. The van der Waals surface area contributed by atoms with Gasteiger partial charge in [0.25, 0.3) is 5.91 Å². The van der Waals surface area contributed by atoms with Gasteiger partial charge in [0.1, 0.15) is 28.9 Å². The Bertz CT molecular complexity index is 1800. The van der Waals surface area contributed by atoms with E-state index in [4.69, 9.17) is 9.47 Å². The van der Waals surface area contributed by atoms with Gasteiger partial charge in [-0.1, -0.05) is 12.1 Å². The fraction of sp³-hybridized carbons (Fsp3) is 0.167. The molecule has 0 atom stereocenters. The minimum absolute atomic E-state index is 0.127. The minimum atomic E-state index is -0.710. The van der Waals surface area contributed by atoms with Gasteiger partial charge in [0.15, 0.2) is 5.69 Å². The van der Waals surface area contributed by atoms with E-state index in [0.717, 1.165) is 28.6 Å². The molecule has 0 radical (unpaired) electrons. The van der Waals surface area contributed by atoms with Crippen LogP contribution in [0.5, 0.6) is 17.2 Å². The first-order valence-corrected chi connectivity index (χ1v) is 12.7. The van der Waals surface area contributed by atoms with Crippen LogP contribution in [0.1, 0.15) is 35.9 Å². The third-order valence-electron chi connectivity index (χ3n) is 6.55. The van der Waals surface area contributed by atoms with E-state index < -0.39 is 17.2 Å². The van der Waals surface area contributed by atoms with Crippen molar-refractivity contribution in [2.45, 2.75) is 26.3 Å². The van der Waals surface area contributed by atoms with E-state index in [-0.39, 0.29) is 23.1 Å². The number of fused-ring (bicyclic) bond motifs is 2. The zero-order chi connectivity index (χ0) is 27.8. The second-order valence-corrected chi connectivity index (χ2v) is 9.62. The van der Waals surface area contributed by atoms with Crippen molar-refractivity contribution in [1.82, 2.24) is 19.7 Å². The molecule has 0 spiro atoms. The van der Waals surface area contributed by atoms with Gasteiger partial charge < -0.3 is 14.8 Å². The number of pyridine rings is 2. The predicted octanol–water partition coefficient (Wildman–Crippen LogP) is 5.55. The Morgan fingerprint density at radius 2 is 1.93 bits per heavy atom. The summed E-state index contributed by atoms with van der Waals surface area (Å²) >= 11 is 0. The van der Waals surface area contributed by atoms with Crippen LogP contribution in [0.4, 0.5) is 10.2 Å². The van der Waals surface area contributed by atoms with Crippen molar-refractivity contribution in [2.24, 2.45) is 0 Å². The van der Waals surface area contributed by atoms with Crippen LogP contribution in [-0.2, 0) is 6.42 Å². The van der Waals surface area contributed by atoms with E-state index in [9.17, 15) is 14.0 Å². The molecular weight excluding hydrogens is 513 g/mol. The molecule has 200 valence electrons. The number of hydrogen-bond donors (Lipinski definition) is 1. The van der Waals surface area contributed by atoms with Gasteiger partial charge in [0, 0.05) is 35.8 Å². The Hall–Kier alpha value is -5.12. The number of anilines is 1. The maximum Gasteiger partial charge on any atom is 0.281 e. The third-order valence-corrected chi connectivity index (χ3v) is 6.55. The Morgan fingerprint density at radius 3 is 2.67 bits per heavy atom. The molecule has 1 N–H and O–H groups in total. The lowest BCUT2D eigenvalue weighted by atomic mass is 10.1. The Kier molecular flexibility index (Phi) is 6.43. The molecule has 3 aromatic heterocycles. The molecule has 0 saturated heterocycles. The molecule has 0 unspecified atom stereocenters. The first-order valence-electron chi connectivity index (χ1n) is 12.7. The zero-order valence-corrected chi connectivity index (χ0v) is 21.7. The largest absolute Gasteiger partial charge is 0.493 e. The highest BCUT2D eigenvalue weighted by Gasteiger charge is 2.20. The van der Waals surface area contributed by atoms with Crippen molar-refractivity contribution in [2.75, 3.05) is 11.9 Å². The maximum atomic E-state index is 13.4. The van der Waals surface area contributed by atoms with Gasteiger partial charge in [-0.05, 0) is 67.4 Å². The lowest BCUT2D eigenvalue weighted by Gasteiger charge is -2.14. The summed E-state index contributed by atoms with van der Waals surface area (Å²) in [5.41, 5.74) is 1.79. The van der Waals surface area contributed by atoms with Crippen LogP contribution in [0.3, 0.4) is 0 Å². The molecule has 0 fully saturated rings. The van der Waals surface area contributed by atoms with E-state index >= 15 is 0 Å². The SMILES string of the molecule is CC(C)n1cc(-c2ccc(F)cc2)c(=O)c(C(=O)Nc2ccc(Oc3ccnc4cc5c(cc34)OCC5)cn2)n1. The van der Waals surface area contributed by atoms with Gasteiger partial charge in [0.2, 0.25) is 5.43 Å². The van der Waals surface area contributed by atoms with Gasteiger partial charge in [-0.2, -0.15) is 5.10 Å². The Labute approximate surface area is 228 Å². The topological polar surface area (TPSA) is 108 Å². The van der Waals surface area contributed by atoms with Crippen LogP contribution < -0.4 is 20.2 Å². The van der Waals surface area contributed by atoms with Crippen molar-refractivity contribution < 1.29 is 18.7 Å². The number of carbonyl (C=O) groups is 1. The number of nitrogens with zero attached hydrogens (tertiary/aromatic N) is 4. The number of benzene rings is 2. The van der Waals surface area contributed by atoms with Crippen LogP contribution in [-0.4, -0.2) is 32.3 Å². The molecule has 0 saturated carbocycles. The average Bonchev–Trinajstić information content (AvgIpc) is 3.41. The molecule has 4 heterocycles. The highest BCUT2D eigenvalue weighted by atomic mass is 19.1. The average molecular weight is 538 g/mol. The summed E-state index contributed by atoms with van der Waals surface area (Å²) in [5.74, 6) is 0.956. The summed E-state index contributed by atoms with van der Waals surface area (Å²) in [4.78, 5) is 35.1. The van der Waals surface area contributed by atoms with Gasteiger partial charge in [-0.3, -0.25) is 19.3 Å². The number of carbonyl (C=O) groups excluding carboxylic acids is 1. The normalized spacial score (nSPS) is 12.3. The number of nitrogens with one attached hydrogen (secondary N) is 1. The van der Waals surface area contributed by atoms with Crippen LogP contribution >= 0.6 is 0 Å². The molecule has 0 aliphatic carbocycles. The number of aromatic nitrogens is 4. The second kappa shape index (κ2) is 10.2. The highest BCUT2D eigenvalue weighted by Crippen LogP contribution is 2.35.